The second kappa shape index (κ2) is 6.87. The molecule has 0 aliphatic heterocycles. The number of aromatic nitrogens is 2. The van der Waals surface area contributed by atoms with Crippen LogP contribution in [0.4, 0.5) is 0 Å². The van der Waals surface area contributed by atoms with Crippen molar-refractivity contribution in [3.8, 4) is 0 Å². The molecular formula is C15H20BrN3. The minimum Gasteiger partial charge on any atom is -0.304 e. The number of nitrogens with zero attached hydrogens (tertiary/aromatic N) is 2. The van der Waals surface area contributed by atoms with Gasteiger partial charge in [-0.25, -0.2) is 0 Å². The topological polar surface area (TPSA) is 29.9 Å². The predicted octanol–water partition coefficient (Wildman–Crippen LogP) is 3.91. The zero-order valence-corrected chi connectivity index (χ0v) is 13.0. The average molecular weight is 322 g/mol. The van der Waals surface area contributed by atoms with Crippen molar-refractivity contribution < 1.29 is 0 Å². The molecule has 2 aromatic rings. The Balaban J connectivity index is 2.01. The van der Waals surface area contributed by atoms with Crippen molar-refractivity contribution in [2.24, 2.45) is 0 Å². The molecule has 0 spiro atoms. The lowest BCUT2D eigenvalue weighted by molar-refractivity contribution is 0.494. The first-order valence-corrected chi connectivity index (χ1v) is 7.53. The number of hydrogen-bond acceptors (Lipinski definition) is 2. The zero-order chi connectivity index (χ0) is 13.7. The molecule has 3 nitrogen and oxygen atoms in total. The summed E-state index contributed by atoms with van der Waals surface area (Å²) in [4.78, 5) is 0. The van der Waals surface area contributed by atoms with Crippen LogP contribution in [0.3, 0.4) is 0 Å². The molecule has 0 fully saturated rings. The maximum Gasteiger partial charge on any atom is 0.0522 e. The SMILES string of the molecule is CCC(NCc1ccnn1CC)c1ccc(Br)cc1. The molecule has 0 radical (unpaired) electrons. The lowest BCUT2D eigenvalue weighted by atomic mass is 10.0. The van der Waals surface area contributed by atoms with Gasteiger partial charge >= 0.3 is 0 Å². The summed E-state index contributed by atoms with van der Waals surface area (Å²) in [6.45, 7) is 6.08. The fraction of sp³-hybridized carbons (Fsp3) is 0.400. The number of nitrogens with one attached hydrogen (secondary N) is 1. The van der Waals surface area contributed by atoms with Gasteiger partial charge in [0.05, 0.1) is 5.69 Å². The van der Waals surface area contributed by atoms with E-state index in [1.807, 2.05) is 10.9 Å². The summed E-state index contributed by atoms with van der Waals surface area (Å²) in [7, 11) is 0. The molecule has 0 aliphatic rings. The van der Waals surface area contributed by atoms with E-state index < -0.39 is 0 Å². The Morgan fingerprint density at radius 2 is 1.95 bits per heavy atom. The zero-order valence-electron chi connectivity index (χ0n) is 11.4. The third-order valence-corrected chi connectivity index (χ3v) is 3.84. The monoisotopic (exact) mass is 321 g/mol. The Labute approximate surface area is 123 Å². The predicted molar refractivity (Wildman–Crippen MR) is 81.9 cm³/mol. The molecule has 0 saturated heterocycles. The van der Waals surface area contributed by atoms with Crippen LogP contribution >= 0.6 is 15.9 Å². The number of halogens is 1. The van der Waals surface area contributed by atoms with E-state index in [1.165, 1.54) is 11.3 Å². The van der Waals surface area contributed by atoms with Crippen molar-refractivity contribution in [3.63, 3.8) is 0 Å². The van der Waals surface area contributed by atoms with E-state index in [9.17, 15) is 0 Å². The molecule has 1 aromatic carbocycles. The molecule has 1 unspecified atom stereocenters. The van der Waals surface area contributed by atoms with Crippen LogP contribution in [-0.4, -0.2) is 9.78 Å². The van der Waals surface area contributed by atoms with Crippen LogP contribution in [0.25, 0.3) is 0 Å². The lowest BCUT2D eigenvalue weighted by Gasteiger charge is -2.18. The number of hydrogen-bond donors (Lipinski definition) is 1. The van der Waals surface area contributed by atoms with E-state index in [0.717, 1.165) is 24.0 Å². The first-order chi connectivity index (χ1) is 9.24. The van der Waals surface area contributed by atoms with Crippen molar-refractivity contribution in [1.29, 1.82) is 0 Å². The van der Waals surface area contributed by atoms with Crippen LogP contribution in [0, 0.1) is 0 Å². The molecular weight excluding hydrogens is 302 g/mol. The second-order valence-corrected chi connectivity index (χ2v) is 5.45. The highest BCUT2D eigenvalue weighted by molar-refractivity contribution is 9.10. The Hall–Kier alpha value is -1.13. The van der Waals surface area contributed by atoms with E-state index in [1.54, 1.807) is 0 Å². The van der Waals surface area contributed by atoms with Gasteiger partial charge in [0.1, 0.15) is 0 Å². The number of rotatable bonds is 6. The maximum absolute atomic E-state index is 4.29. The largest absolute Gasteiger partial charge is 0.304 e. The molecule has 19 heavy (non-hydrogen) atoms. The Morgan fingerprint density at radius 1 is 1.21 bits per heavy atom. The third-order valence-electron chi connectivity index (χ3n) is 3.31. The van der Waals surface area contributed by atoms with Crippen LogP contribution in [-0.2, 0) is 13.1 Å². The number of aryl methyl sites for hydroxylation is 1. The first kappa shape index (κ1) is 14.3. The summed E-state index contributed by atoms with van der Waals surface area (Å²) in [6.07, 6.45) is 2.93. The van der Waals surface area contributed by atoms with Gasteiger partial charge < -0.3 is 5.32 Å². The van der Waals surface area contributed by atoms with Crippen molar-refractivity contribution in [2.75, 3.05) is 0 Å². The van der Waals surface area contributed by atoms with E-state index in [2.05, 4.69) is 70.5 Å². The van der Waals surface area contributed by atoms with Gasteiger partial charge in [-0.2, -0.15) is 5.10 Å². The van der Waals surface area contributed by atoms with Crippen LogP contribution < -0.4 is 5.32 Å². The van der Waals surface area contributed by atoms with Gasteiger partial charge in [0.2, 0.25) is 0 Å². The van der Waals surface area contributed by atoms with E-state index in [4.69, 9.17) is 0 Å². The molecule has 0 amide bonds. The highest BCUT2D eigenvalue weighted by Gasteiger charge is 2.09. The van der Waals surface area contributed by atoms with E-state index >= 15 is 0 Å². The van der Waals surface area contributed by atoms with Gasteiger partial charge in [0.15, 0.2) is 0 Å². The third kappa shape index (κ3) is 3.67. The molecule has 0 aliphatic carbocycles. The van der Waals surface area contributed by atoms with Gasteiger partial charge in [-0.1, -0.05) is 35.0 Å². The summed E-state index contributed by atoms with van der Waals surface area (Å²) in [5.41, 5.74) is 2.56. The molecule has 1 aromatic heterocycles. The summed E-state index contributed by atoms with van der Waals surface area (Å²) < 4.78 is 3.15. The van der Waals surface area contributed by atoms with Crippen LogP contribution in [0.15, 0.2) is 41.0 Å². The van der Waals surface area contributed by atoms with Crippen LogP contribution in [0.5, 0.6) is 0 Å². The normalized spacial score (nSPS) is 12.6. The van der Waals surface area contributed by atoms with Crippen molar-refractivity contribution in [3.05, 3.63) is 52.3 Å². The van der Waals surface area contributed by atoms with Crippen molar-refractivity contribution >= 4 is 15.9 Å². The van der Waals surface area contributed by atoms with Crippen LogP contribution in [0.1, 0.15) is 37.6 Å². The molecule has 0 bridgehead atoms. The standard InChI is InChI=1S/C15H20BrN3/c1-3-15(12-5-7-13(16)8-6-12)17-11-14-9-10-18-19(14)4-2/h5-10,15,17H,3-4,11H2,1-2H3. The Bertz CT molecular complexity index is 504. The molecule has 102 valence electrons. The minimum absolute atomic E-state index is 0.383. The smallest absolute Gasteiger partial charge is 0.0522 e. The van der Waals surface area contributed by atoms with Gasteiger partial charge in [-0.15, -0.1) is 0 Å². The highest BCUT2D eigenvalue weighted by atomic mass is 79.9. The van der Waals surface area contributed by atoms with Gasteiger partial charge in [0.25, 0.3) is 0 Å². The van der Waals surface area contributed by atoms with Crippen molar-refractivity contribution in [1.82, 2.24) is 15.1 Å². The average Bonchev–Trinajstić information content (AvgIpc) is 2.89. The van der Waals surface area contributed by atoms with Gasteiger partial charge in [0, 0.05) is 29.8 Å². The fourth-order valence-electron chi connectivity index (χ4n) is 2.22. The lowest BCUT2D eigenvalue weighted by Crippen LogP contribution is -2.22. The van der Waals surface area contributed by atoms with E-state index in [-0.39, 0.29) is 0 Å². The van der Waals surface area contributed by atoms with Crippen molar-refractivity contribution in [2.45, 2.75) is 39.4 Å². The molecule has 1 heterocycles. The van der Waals surface area contributed by atoms with Gasteiger partial charge in [-0.05, 0) is 37.1 Å². The molecule has 4 heteroatoms. The fourth-order valence-corrected chi connectivity index (χ4v) is 2.48. The summed E-state index contributed by atoms with van der Waals surface area (Å²) >= 11 is 3.47. The van der Waals surface area contributed by atoms with E-state index in [0.29, 0.717) is 6.04 Å². The molecule has 0 saturated carbocycles. The van der Waals surface area contributed by atoms with Gasteiger partial charge in [-0.3, -0.25) is 4.68 Å². The number of benzene rings is 1. The minimum atomic E-state index is 0.383. The summed E-state index contributed by atoms with van der Waals surface area (Å²) in [5, 5.41) is 7.90. The Kier molecular flexibility index (Phi) is 5.16. The molecule has 2 rings (SSSR count). The quantitative estimate of drug-likeness (QED) is 0.874. The molecule has 1 atom stereocenters. The maximum atomic E-state index is 4.29. The molecule has 1 N–H and O–H groups in total. The summed E-state index contributed by atoms with van der Waals surface area (Å²) in [5.74, 6) is 0. The highest BCUT2D eigenvalue weighted by Crippen LogP contribution is 2.19. The van der Waals surface area contributed by atoms with Crippen LogP contribution in [0.2, 0.25) is 0 Å². The summed E-state index contributed by atoms with van der Waals surface area (Å²) in [6, 6.07) is 11.0. The second-order valence-electron chi connectivity index (χ2n) is 4.53. The first-order valence-electron chi connectivity index (χ1n) is 6.74. The Morgan fingerprint density at radius 3 is 2.58 bits per heavy atom.